The fourth-order valence-corrected chi connectivity index (χ4v) is 3.11. The molecule has 0 aliphatic carbocycles. The predicted molar refractivity (Wildman–Crippen MR) is 122 cm³/mol. The van der Waals surface area contributed by atoms with E-state index in [-0.39, 0.29) is 12.2 Å². The number of nitrogens with two attached hydrogens (primary N) is 1. The summed E-state index contributed by atoms with van der Waals surface area (Å²) in [7, 11) is 0. The monoisotopic (exact) mass is 468 g/mol. The van der Waals surface area contributed by atoms with Gasteiger partial charge in [0.15, 0.2) is 6.04 Å². The molecule has 11 heteroatoms. The molecule has 0 aromatic heterocycles. The Hall–Kier alpha value is -2.63. The van der Waals surface area contributed by atoms with Gasteiger partial charge in [0, 0.05) is 5.75 Å². The molecule has 5 unspecified atom stereocenters. The molecule has 0 heterocycles. The zero-order valence-corrected chi connectivity index (χ0v) is 19.2. The van der Waals surface area contributed by atoms with Gasteiger partial charge in [-0.3, -0.25) is 14.4 Å². The molecule has 0 aliphatic rings. The van der Waals surface area contributed by atoms with Gasteiger partial charge in [-0.1, -0.05) is 44.2 Å². The summed E-state index contributed by atoms with van der Waals surface area (Å²) >= 11 is 4.10. The first-order chi connectivity index (χ1) is 15.0. The van der Waals surface area contributed by atoms with Gasteiger partial charge in [-0.2, -0.15) is 12.6 Å². The number of hydrogen-bond acceptors (Lipinski definition) is 7. The van der Waals surface area contributed by atoms with Crippen LogP contribution < -0.4 is 21.7 Å². The topological polar surface area (TPSA) is 171 Å². The molecule has 0 spiro atoms. The van der Waals surface area contributed by atoms with E-state index in [2.05, 4.69) is 28.6 Å². The normalized spacial score (nSPS) is 15.7. The van der Waals surface area contributed by atoms with Crippen molar-refractivity contribution < 1.29 is 29.4 Å². The van der Waals surface area contributed by atoms with Crippen LogP contribution in [-0.2, 0) is 25.6 Å². The van der Waals surface area contributed by atoms with E-state index in [1.54, 1.807) is 13.8 Å². The van der Waals surface area contributed by atoms with Crippen LogP contribution in [0.2, 0.25) is 0 Å². The standard InChI is InChI=1S/C21H32N4O6S/c1-11(2)16(20(29)25-17(12(3)26)21(30)31)24-19(28)15(10-32)23-18(27)14(22)9-13-7-5-4-6-8-13/h4-8,11-12,14-17,26,32H,9-10,22H2,1-3H3,(H,23,27)(H,24,28)(H,25,29)(H,30,31). The number of thiol groups is 1. The average Bonchev–Trinajstić information content (AvgIpc) is 2.73. The van der Waals surface area contributed by atoms with Crippen LogP contribution in [0.15, 0.2) is 30.3 Å². The van der Waals surface area contributed by atoms with Gasteiger partial charge in [0.2, 0.25) is 17.7 Å². The highest BCUT2D eigenvalue weighted by molar-refractivity contribution is 7.80. The number of hydrogen-bond donors (Lipinski definition) is 7. The molecule has 7 N–H and O–H groups in total. The van der Waals surface area contributed by atoms with Gasteiger partial charge >= 0.3 is 5.97 Å². The van der Waals surface area contributed by atoms with Gasteiger partial charge in [-0.25, -0.2) is 4.79 Å². The van der Waals surface area contributed by atoms with Crippen molar-refractivity contribution in [2.75, 3.05) is 5.75 Å². The van der Waals surface area contributed by atoms with Crippen molar-refractivity contribution in [2.45, 2.75) is 57.5 Å². The number of aliphatic carboxylic acids is 1. The summed E-state index contributed by atoms with van der Waals surface area (Å²) in [5.41, 5.74) is 6.81. The van der Waals surface area contributed by atoms with Crippen molar-refractivity contribution in [1.82, 2.24) is 16.0 Å². The highest BCUT2D eigenvalue weighted by atomic mass is 32.1. The van der Waals surface area contributed by atoms with Crippen LogP contribution in [0, 0.1) is 5.92 Å². The molecule has 5 atom stereocenters. The number of carbonyl (C=O) groups is 4. The van der Waals surface area contributed by atoms with Gasteiger partial charge < -0.3 is 31.9 Å². The molecule has 1 aromatic rings. The number of benzene rings is 1. The number of carbonyl (C=O) groups excluding carboxylic acids is 3. The minimum Gasteiger partial charge on any atom is -0.480 e. The second-order valence-electron chi connectivity index (χ2n) is 7.84. The van der Waals surface area contributed by atoms with E-state index in [1.807, 2.05) is 30.3 Å². The Bertz CT molecular complexity index is 790. The molecule has 0 radical (unpaired) electrons. The molecule has 0 saturated carbocycles. The van der Waals surface area contributed by atoms with Crippen LogP contribution in [-0.4, -0.2) is 69.9 Å². The quantitative estimate of drug-likeness (QED) is 0.194. The first-order valence-electron chi connectivity index (χ1n) is 10.2. The SMILES string of the molecule is CC(C)C(NC(=O)C(CS)NC(=O)C(N)Cc1ccccc1)C(=O)NC(C(=O)O)C(C)O. The van der Waals surface area contributed by atoms with Crippen LogP contribution >= 0.6 is 12.6 Å². The van der Waals surface area contributed by atoms with Crippen LogP contribution in [0.25, 0.3) is 0 Å². The van der Waals surface area contributed by atoms with E-state index in [9.17, 15) is 24.3 Å². The Balaban J connectivity index is 2.79. The highest BCUT2D eigenvalue weighted by Gasteiger charge is 2.32. The van der Waals surface area contributed by atoms with Gasteiger partial charge in [0.1, 0.15) is 12.1 Å². The maximum Gasteiger partial charge on any atom is 0.328 e. The van der Waals surface area contributed by atoms with Gasteiger partial charge in [0.05, 0.1) is 12.1 Å². The lowest BCUT2D eigenvalue weighted by molar-refractivity contribution is -0.145. The van der Waals surface area contributed by atoms with Crippen LogP contribution in [0.1, 0.15) is 26.3 Å². The lowest BCUT2D eigenvalue weighted by atomic mass is 10.0. The summed E-state index contributed by atoms with van der Waals surface area (Å²) in [5.74, 6) is -3.85. The number of rotatable bonds is 12. The van der Waals surface area contributed by atoms with E-state index in [4.69, 9.17) is 10.8 Å². The summed E-state index contributed by atoms with van der Waals surface area (Å²) in [5, 5.41) is 26.0. The first-order valence-corrected chi connectivity index (χ1v) is 10.8. The van der Waals surface area contributed by atoms with E-state index in [0.29, 0.717) is 0 Å². The van der Waals surface area contributed by atoms with E-state index in [1.165, 1.54) is 6.92 Å². The molecule has 0 aliphatic heterocycles. The summed E-state index contributed by atoms with van der Waals surface area (Å²) in [6, 6.07) is 4.59. The van der Waals surface area contributed by atoms with Crippen LogP contribution in [0.4, 0.5) is 0 Å². The van der Waals surface area contributed by atoms with Gasteiger partial charge in [-0.05, 0) is 24.8 Å². The molecule has 32 heavy (non-hydrogen) atoms. The zero-order valence-electron chi connectivity index (χ0n) is 18.3. The van der Waals surface area contributed by atoms with E-state index in [0.717, 1.165) is 5.56 Å². The summed E-state index contributed by atoms with van der Waals surface area (Å²) in [4.78, 5) is 48.9. The van der Waals surface area contributed by atoms with Crippen LogP contribution in [0.3, 0.4) is 0 Å². The Morgan fingerprint density at radius 2 is 1.50 bits per heavy atom. The fraction of sp³-hybridized carbons (Fsp3) is 0.524. The summed E-state index contributed by atoms with van der Waals surface area (Å²) < 4.78 is 0. The number of carboxylic acids is 1. The average molecular weight is 469 g/mol. The van der Waals surface area contributed by atoms with Crippen molar-refractivity contribution in [3.05, 3.63) is 35.9 Å². The second kappa shape index (κ2) is 13.0. The Kier molecular flexibility index (Phi) is 11.2. The lowest BCUT2D eigenvalue weighted by Crippen LogP contribution is -2.60. The Labute approximate surface area is 192 Å². The molecule has 0 fully saturated rings. The molecule has 0 saturated heterocycles. The minimum absolute atomic E-state index is 0.0481. The maximum absolute atomic E-state index is 12.7. The van der Waals surface area contributed by atoms with Crippen molar-refractivity contribution in [2.24, 2.45) is 11.7 Å². The molecule has 1 rings (SSSR count). The lowest BCUT2D eigenvalue weighted by Gasteiger charge is -2.27. The number of aliphatic hydroxyl groups is 1. The van der Waals surface area contributed by atoms with Gasteiger partial charge in [0.25, 0.3) is 0 Å². The Morgan fingerprint density at radius 3 is 1.97 bits per heavy atom. The highest BCUT2D eigenvalue weighted by Crippen LogP contribution is 2.06. The second-order valence-corrected chi connectivity index (χ2v) is 8.20. The third-order valence-electron chi connectivity index (χ3n) is 4.74. The molecule has 3 amide bonds. The molecule has 0 bridgehead atoms. The largest absolute Gasteiger partial charge is 0.480 e. The van der Waals surface area contributed by atoms with E-state index < -0.39 is 59.9 Å². The predicted octanol–water partition coefficient (Wildman–Crippen LogP) is -0.938. The summed E-state index contributed by atoms with van der Waals surface area (Å²) in [6.07, 6.45) is -1.06. The molecule has 10 nitrogen and oxygen atoms in total. The van der Waals surface area contributed by atoms with Crippen molar-refractivity contribution >= 4 is 36.3 Å². The molecule has 1 aromatic carbocycles. The maximum atomic E-state index is 12.7. The minimum atomic E-state index is -1.53. The number of amides is 3. The number of nitrogens with one attached hydrogen (secondary N) is 3. The van der Waals surface area contributed by atoms with E-state index >= 15 is 0 Å². The third-order valence-corrected chi connectivity index (χ3v) is 5.11. The zero-order chi connectivity index (χ0) is 24.4. The molecular formula is C21H32N4O6S. The smallest absolute Gasteiger partial charge is 0.328 e. The first kappa shape index (κ1) is 27.4. The summed E-state index contributed by atoms with van der Waals surface area (Å²) in [6.45, 7) is 4.55. The Morgan fingerprint density at radius 1 is 0.938 bits per heavy atom. The molecule has 178 valence electrons. The van der Waals surface area contributed by atoms with Gasteiger partial charge in [-0.15, -0.1) is 0 Å². The van der Waals surface area contributed by atoms with Crippen molar-refractivity contribution in [3.8, 4) is 0 Å². The molecular weight excluding hydrogens is 436 g/mol. The van der Waals surface area contributed by atoms with Crippen molar-refractivity contribution in [3.63, 3.8) is 0 Å². The van der Waals surface area contributed by atoms with Crippen molar-refractivity contribution in [1.29, 1.82) is 0 Å². The third kappa shape index (κ3) is 8.48. The fourth-order valence-electron chi connectivity index (χ4n) is 2.85. The number of carboxylic acid groups (broad SMARTS) is 1. The number of aliphatic hydroxyl groups excluding tert-OH is 1. The van der Waals surface area contributed by atoms with Crippen LogP contribution in [0.5, 0.6) is 0 Å².